The summed E-state index contributed by atoms with van der Waals surface area (Å²) in [6.07, 6.45) is 3.44. The van der Waals surface area contributed by atoms with Crippen LogP contribution in [0.1, 0.15) is 34.6 Å². The fourth-order valence-electron chi connectivity index (χ4n) is 2.74. The van der Waals surface area contributed by atoms with Crippen LogP contribution >= 0.6 is 24.8 Å². The Balaban J connectivity index is 0. The molecule has 2 aromatic rings. The summed E-state index contributed by atoms with van der Waals surface area (Å²) < 4.78 is 0. The molecule has 0 saturated heterocycles. The van der Waals surface area contributed by atoms with Crippen LogP contribution < -0.4 is 0 Å². The number of halogens is 2. The first-order valence-electron chi connectivity index (χ1n) is 7.96. The normalized spacial score (nSPS) is 14.0. The smallest absolute Gasteiger partial charge is 0.123 e. The van der Waals surface area contributed by atoms with Crippen molar-refractivity contribution < 1.29 is 26.8 Å². The zero-order valence-electron chi connectivity index (χ0n) is 16.0. The van der Waals surface area contributed by atoms with Gasteiger partial charge in [0.05, 0.1) is 0 Å². The molecule has 0 bridgehead atoms. The van der Waals surface area contributed by atoms with E-state index in [1.54, 1.807) is 6.07 Å². The van der Waals surface area contributed by atoms with Gasteiger partial charge in [-0.2, -0.15) is 11.1 Å². The molecule has 0 aliphatic heterocycles. The van der Waals surface area contributed by atoms with Crippen LogP contribution in [0.4, 0.5) is 0 Å². The Bertz CT molecular complexity index is 750. The van der Waals surface area contributed by atoms with Gasteiger partial charge < -0.3 is 5.11 Å². The molecule has 0 heterocycles. The number of rotatable bonds is 1. The molecule has 0 aromatic heterocycles. The zero-order chi connectivity index (χ0) is 17.0. The van der Waals surface area contributed by atoms with Crippen molar-refractivity contribution in [1.82, 2.24) is 0 Å². The number of hydrogen-bond acceptors (Lipinski definition) is 1. The molecule has 1 nitrogen and oxygen atoms in total. The first-order chi connectivity index (χ1) is 10.8. The van der Waals surface area contributed by atoms with Gasteiger partial charge >= 0.3 is 0 Å². The summed E-state index contributed by atoms with van der Waals surface area (Å²) in [5, 5.41) is 9.56. The fraction of sp³-hybridized carbons (Fsp3) is 0.273. The molecule has 0 atom stereocenters. The Morgan fingerprint density at radius 1 is 0.808 bits per heavy atom. The van der Waals surface area contributed by atoms with E-state index in [1.807, 2.05) is 48.5 Å². The van der Waals surface area contributed by atoms with Crippen LogP contribution in [0.15, 0.2) is 71.3 Å². The minimum absolute atomic E-state index is 0. The molecule has 0 saturated carbocycles. The molecule has 4 heteroatoms. The predicted molar refractivity (Wildman–Crippen MR) is 113 cm³/mol. The molecule has 0 radical (unpaired) electrons. The molecule has 1 N–H and O–H groups in total. The van der Waals surface area contributed by atoms with Crippen LogP contribution in [-0.4, -0.2) is 5.11 Å². The number of phenols is 1. The number of phenolic OH excluding ortho intramolecular Hbond substituents is 1. The molecular formula is C22H27Cl2OTi-. The maximum Gasteiger partial charge on any atom is 0.123 e. The standard InChI is InChI=1S/C12H10O.C10H15.2ClH.Ti/c13-12-9-5-4-8-11(12)10-6-2-1-3-7-10;1-7-6-10(4,5)9(3)8(7)2;;;/h1-9,13H;1-5H3;2*1H;/q;-1;;;. The number of hydrogen-bond donors (Lipinski definition) is 1. The second-order valence-corrected chi connectivity index (χ2v) is 6.51. The molecule has 1 aliphatic carbocycles. The second kappa shape index (κ2) is 11.7. The third-order valence-electron chi connectivity index (χ3n) is 4.55. The van der Waals surface area contributed by atoms with Gasteiger partial charge in [0.15, 0.2) is 0 Å². The molecule has 26 heavy (non-hydrogen) atoms. The topological polar surface area (TPSA) is 20.2 Å². The molecule has 0 unspecified atom stereocenters. The van der Waals surface area contributed by atoms with E-state index in [2.05, 4.69) is 40.7 Å². The zero-order valence-corrected chi connectivity index (χ0v) is 19.2. The number of allylic oxidation sites excluding steroid dienone is 4. The van der Waals surface area contributed by atoms with E-state index < -0.39 is 0 Å². The Labute approximate surface area is 185 Å². The van der Waals surface area contributed by atoms with E-state index in [0.717, 1.165) is 11.1 Å². The van der Waals surface area contributed by atoms with Crippen LogP contribution in [0.3, 0.4) is 0 Å². The van der Waals surface area contributed by atoms with Gasteiger partial charge in [-0.3, -0.25) is 6.08 Å². The van der Waals surface area contributed by atoms with E-state index >= 15 is 0 Å². The molecule has 0 spiro atoms. The summed E-state index contributed by atoms with van der Waals surface area (Å²) >= 11 is 0. The summed E-state index contributed by atoms with van der Waals surface area (Å²) in [5.41, 5.74) is 6.31. The Kier molecular flexibility index (Phi) is 12.2. The molecular weight excluding hydrogens is 399 g/mol. The second-order valence-electron chi connectivity index (χ2n) is 6.51. The van der Waals surface area contributed by atoms with Crippen molar-refractivity contribution in [3.63, 3.8) is 0 Å². The fourth-order valence-corrected chi connectivity index (χ4v) is 2.74. The van der Waals surface area contributed by atoms with Crippen molar-refractivity contribution in [3.05, 3.63) is 77.4 Å². The van der Waals surface area contributed by atoms with Crippen LogP contribution in [0.25, 0.3) is 11.1 Å². The quantitative estimate of drug-likeness (QED) is 0.384. The van der Waals surface area contributed by atoms with Gasteiger partial charge in [-0.25, -0.2) is 5.57 Å². The Hall–Kier alpha value is -0.986. The van der Waals surface area contributed by atoms with Crippen molar-refractivity contribution in [2.75, 3.05) is 0 Å². The van der Waals surface area contributed by atoms with Crippen molar-refractivity contribution in [2.45, 2.75) is 34.6 Å². The van der Waals surface area contributed by atoms with E-state index in [1.165, 1.54) is 16.7 Å². The van der Waals surface area contributed by atoms with Gasteiger partial charge in [-0.05, 0) is 11.6 Å². The average Bonchev–Trinajstić information content (AvgIpc) is 2.71. The molecule has 140 valence electrons. The van der Waals surface area contributed by atoms with Gasteiger partial charge in [-0.1, -0.05) is 81.6 Å². The van der Waals surface area contributed by atoms with Crippen molar-refractivity contribution in [2.24, 2.45) is 5.41 Å². The molecule has 0 fully saturated rings. The summed E-state index contributed by atoms with van der Waals surface area (Å²) in [5.74, 6) is 0.328. The minimum Gasteiger partial charge on any atom is -0.507 e. The minimum atomic E-state index is 0. The first kappa shape index (κ1) is 27.2. The summed E-state index contributed by atoms with van der Waals surface area (Å²) in [7, 11) is 0. The Morgan fingerprint density at radius 2 is 1.31 bits per heavy atom. The summed E-state index contributed by atoms with van der Waals surface area (Å²) in [4.78, 5) is 0. The molecule has 2 aromatic carbocycles. The van der Waals surface area contributed by atoms with Crippen LogP contribution in [0.2, 0.25) is 0 Å². The van der Waals surface area contributed by atoms with Gasteiger partial charge in [0.2, 0.25) is 0 Å². The summed E-state index contributed by atoms with van der Waals surface area (Å²) in [6, 6.07) is 17.2. The third-order valence-corrected chi connectivity index (χ3v) is 4.55. The van der Waals surface area contributed by atoms with Crippen molar-refractivity contribution in [3.8, 4) is 16.9 Å². The molecule has 0 amide bonds. The number of benzene rings is 2. The van der Waals surface area contributed by atoms with Crippen LogP contribution in [0.5, 0.6) is 5.75 Å². The van der Waals surface area contributed by atoms with Crippen molar-refractivity contribution >= 4 is 24.8 Å². The van der Waals surface area contributed by atoms with E-state index in [9.17, 15) is 5.11 Å². The van der Waals surface area contributed by atoms with E-state index in [4.69, 9.17) is 0 Å². The Morgan fingerprint density at radius 3 is 1.69 bits per heavy atom. The molecule has 1 aliphatic rings. The average molecular weight is 426 g/mol. The molecule has 3 rings (SSSR count). The first-order valence-corrected chi connectivity index (χ1v) is 7.96. The predicted octanol–water partition coefficient (Wildman–Crippen LogP) is 7.01. The van der Waals surface area contributed by atoms with Gasteiger partial charge in [0.25, 0.3) is 0 Å². The van der Waals surface area contributed by atoms with Gasteiger partial charge in [0, 0.05) is 27.3 Å². The van der Waals surface area contributed by atoms with Gasteiger partial charge in [-0.15, -0.1) is 31.7 Å². The van der Waals surface area contributed by atoms with Gasteiger partial charge in [0.1, 0.15) is 5.75 Å². The number of para-hydroxylation sites is 1. The monoisotopic (exact) mass is 425 g/mol. The summed E-state index contributed by atoms with van der Waals surface area (Å²) in [6.45, 7) is 10.9. The van der Waals surface area contributed by atoms with Crippen molar-refractivity contribution in [1.29, 1.82) is 0 Å². The SMILES string of the molecule is CC1=[C-]C(C)(C)C(C)=C1C.Cl.Cl.Oc1ccccc1-c1ccccc1.[Ti]. The maximum absolute atomic E-state index is 9.56. The maximum atomic E-state index is 9.56. The van der Waals surface area contributed by atoms with E-state index in [-0.39, 0.29) is 51.9 Å². The van der Waals surface area contributed by atoms with Crippen LogP contribution in [-0.2, 0) is 21.7 Å². The van der Waals surface area contributed by atoms with E-state index in [0.29, 0.717) is 5.75 Å². The number of aromatic hydroxyl groups is 1. The third kappa shape index (κ3) is 6.63. The van der Waals surface area contributed by atoms with Crippen LogP contribution in [0, 0.1) is 11.5 Å². The largest absolute Gasteiger partial charge is 0.507 e.